The number of halogens is 1. The van der Waals surface area contributed by atoms with Gasteiger partial charge in [-0.3, -0.25) is 4.79 Å². The van der Waals surface area contributed by atoms with Crippen LogP contribution in [0, 0.1) is 0 Å². The van der Waals surface area contributed by atoms with Crippen molar-refractivity contribution in [3.63, 3.8) is 0 Å². The highest BCUT2D eigenvalue weighted by atomic mass is 79.9. The van der Waals surface area contributed by atoms with Gasteiger partial charge in [0.2, 0.25) is 0 Å². The normalized spacial score (nSPS) is 11.5. The second-order valence-corrected chi connectivity index (χ2v) is 6.20. The van der Waals surface area contributed by atoms with Gasteiger partial charge in [0.25, 0.3) is 5.91 Å². The van der Waals surface area contributed by atoms with E-state index in [0.717, 1.165) is 32.4 Å². The third kappa shape index (κ3) is 3.49. The SMILES string of the molecule is COc1ccc2[nH]c(C(=O)NN=C(C)c3ccc(Br)cc3)cc2c1. The van der Waals surface area contributed by atoms with Crippen LogP contribution in [0.1, 0.15) is 23.0 Å². The molecule has 0 aliphatic carbocycles. The fourth-order valence-corrected chi connectivity index (χ4v) is 2.57. The molecule has 24 heavy (non-hydrogen) atoms. The number of H-pyrrole nitrogens is 1. The van der Waals surface area contributed by atoms with Crippen LogP contribution in [-0.4, -0.2) is 23.7 Å². The summed E-state index contributed by atoms with van der Waals surface area (Å²) in [7, 11) is 1.61. The van der Waals surface area contributed by atoms with E-state index in [1.165, 1.54) is 0 Å². The number of hydrogen-bond acceptors (Lipinski definition) is 3. The highest BCUT2D eigenvalue weighted by Crippen LogP contribution is 2.21. The molecule has 0 unspecified atom stereocenters. The average molecular weight is 386 g/mol. The lowest BCUT2D eigenvalue weighted by molar-refractivity contribution is 0.0950. The van der Waals surface area contributed by atoms with E-state index in [1.54, 1.807) is 13.2 Å². The molecule has 0 bridgehead atoms. The standard InChI is InChI=1S/C18H16BrN3O2/c1-11(12-3-5-14(19)6-4-12)21-22-18(23)17-10-13-9-15(24-2)7-8-16(13)20-17/h3-10,20H,1-2H3,(H,22,23). The van der Waals surface area contributed by atoms with Crippen LogP contribution in [0.2, 0.25) is 0 Å². The summed E-state index contributed by atoms with van der Waals surface area (Å²) >= 11 is 3.39. The Morgan fingerprint density at radius 2 is 1.92 bits per heavy atom. The minimum absolute atomic E-state index is 0.290. The maximum Gasteiger partial charge on any atom is 0.287 e. The van der Waals surface area contributed by atoms with Gasteiger partial charge in [0, 0.05) is 15.4 Å². The fraction of sp³-hybridized carbons (Fsp3) is 0.111. The number of hydrogen-bond donors (Lipinski definition) is 2. The first-order valence-electron chi connectivity index (χ1n) is 7.34. The number of hydrazone groups is 1. The zero-order valence-electron chi connectivity index (χ0n) is 13.3. The summed E-state index contributed by atoms with van der Waals surface area (Å²) in [6, 6.07) is 15.1. The van der Waals surface area contributed by atoms with Crippen molar-refractivity contribution in [1.82, 2.24) is 10.4 Å². The van der Waals surface area contributed by atoms with Crippen LogP contribution in [0.25, 0.3) is 10.9 Å². The highest BCUT2D eigenvalue weighted by Gasteiger charge is 2.09. The number of aromatic amines is 1. The van der Waals surface area contributed by atoms with Crippen molar-refractivity contribution in [3.8, 4) is 5.75 Å². The number of methoxy groups -OCH3 is 1. The van der Waals surface area contributed by atoms with Gasteiger partial charge in [-0.2, -0.15) is 5.10 Å². The molecule has 1 amide bonds. The van der Waals surface area contributed by atoms with E-state index in [2.05, 4.69) is 31.4 Å². The second-order valence-electron chi connectivity index (χ2n) is 5.28. The predicted octanol–water partition coefficient (Wildman–Crippen LogP) is 4.09. The highest BCUT2D eigenvalue weighted by molar-refractivity contribution is 9.10. The number of nitrogens with one attached hydrogen (secondary N) is 2. The van der Waals surface area contributed by atoms with Crippen LogP contribution in [0.4, 0.5) is 0 Å². The molecule has 2 aromatic carbocycles. The Labute approximate surface area is 147 Å². The lowest BCUT2D eigenvalue weighted by atomic mass is 10.1. The van der Waals surface area contributed by atoms with Crippen LogP contribution in [0.3, 0.4) is 0 Å². The third-order valence-corrected chi connectivity index (χ3v) is 4.19. The van der Waals surface area contributed by atoms with E-state index in [0.29, 0.717) is 5.69 Å². The number of aromatic nitrogens is 1. The summed E-state index contributed by atoms with van der Waals surface area (Å²) in [5.74, 6) is 0.458. The zero-order chi connectivity index (χ0) is 17.1. The van der Waals surface area contributed by atoms with Crippen molar-refractivity contribution < 1.29 is 9.53 Å². The van der Waals surface area contributed by atoms with Crippen LogP contribution in [-0.2, 0) is 0 Å². The van der Waals surface area contributed by atoms with E-state index in [-0.39, 0.29) is 5.91 Å². The monoisotopic (exact) mass is 385 g/mol. The average Bonchev–Trinajstić information content (AvgIpc) is 3.03. The summed E-state index contributed by atoms with van der Waals surface area (Å²) in [4.78, 5) is 15.3. The predicted molar refractivity (Wildman–Crippen MR) is 98.7 cm³/mol. The minimum atomic E-state index is -0.290. The fourth-order valence-electron chi connectivity index (χ4n) is 2.31. The Hall–Kier alpha value is -2.60. The van der Waals surface area contributed by atoms with E-state index < -0.39 is 0 Å². The lowest BCUT2D eigenvalue weighted by Gasteiger charge is -2.02. The number of benzene rings is 2. The van der Waals surface area contributed by atoms with E-state index >= 15 is 0 Å². The Balaban J connectivity index is 1.77. The lowest BCUT2D eigenvalue weighted by Crippen LogP contribution is -2.19. The van der Waals surface area contributed by atoms with Crippen LogP contribution < -0.4 is 10.2 Å². The Kier molecular flexibility index (Phi) is 4.66. The van der Waals surface area contributed by atoms with Crippen LogP contribution >= 0.6 is 15.9 Å². The maximum absolute atomic E-state index is 12.3. The molecule has 0 aliphatic heterocycles. The molecule has 1 heterocycles. The molecular weight excluding hydrogens is 370 g/mol. The van der Waals surface area contributed by atoms with Crippen molar-refractivity contribution in [1.29, 1.82) is 0 Å². The number of fused-ring (bicyclic) bond motifs is 1. The van der Waals surface area contributed by atoms with Gasteiger partial charge in [-0.25, -0.2) is 5.43 Å². The van der Waals surface area contributed by atoms with Crippen molar-refractivity contribution in [2.45, 2.75) is 6.92 Å². The number of rotatable bonds is 4. The first kappa shape index (κ1) is 16.3. The van der Waals surface area contributed by atoms with Gasteiger partial charge in [0.15, 0.2) is 0 Å². The van der Waals surface area contributed by atoms with Gasteiger partial charge in [-0.15, -0.1) is 0 Å². The summed E-state index contributed by atoms with van der Waals surface area (Å²) in [6.45, 7) is 1.85. The minimum Gasteiger partial charge on any atom is -0.497 e. The molecule has 6 heteroatoms. The van der Waals surface area contributed by atoms with Crippen molar-refractivity contribution >= 4 is 38.5 Å². The Morgan fingerprint density at radius 1 is 1.17 bits per heavy atom. The number of carbonyl (C=O) groups excluding carboxylic acids is 1. The maximum atomic E-state index is 12.3. The molecule has 1 aromatic heterocycles. The van der Waals surface area contributed by atoms with Gasteiger partial charge >= 0.3 is 0 Å². The smallest absolute Gasteiger partial charge is 0.287 e. The molecule has 122 valence electrons. The molecule has 0 saturated carbocycles. The van der Waals surface area contributed by atoms with Crippen molar-refractivity contribution in [2.24, 2.45) is 5.10 Å². The number of nitrogens with zero attached hydrogens (tertiary/aromatic N) is 1. The third-order valence-electron chi connectivity index (χ3n) is 3.66. The van der Waals surface area contributed by atoms with Crippen LogP contribution in [0.15, 0.2) is 58.1 Å². The van der Waals surface area contributed by atoms with Crippen molar-refractivity contribution in [2.75, 3.05) is 7.11 Å². The number of ether oxygens (including phenoxy) is 1. The van der Waals surface area contributed by atoms with Gasteiger partial charge in [0.05, 0.1) is 12.8 Å². The van der Waals surface area contributed by atoms with E-state index in [1.807, 2.05) is 49.4 Å². The Morgan fingerprint density at radius 3 is 2.62 bits per heavy atom. The molecule has 0 radical (unpaired) electrons. The van der Waals surface area contributed by atoms with Gasteiger partial charge in [-0.05, 0) is 48.9 Å². The molecule has 2 N–H and O–H groups in total. The molecule has 0 spiro atoms. The van der Waals surface area contributed by atoms with E-state index in [4.69, 9.17) is 4.74 Å². The molecule has 0 aliphatic rings. The molecule has 5 nitrogen and oxygen atoms in total. The number of amides is 1. The quantitative estimate of drug-likeness (QED) is 0.524. The Bertz CT molecular complexity index is 914. The molecule has 0 fully saturated rings. The summed E-state index contributed by atoms with van der Waals surface area (Å²) in [5.41, 5.74) is 5.57. The molecule has 3 rings (SSSR count). The summed E-state index contributed by atoms with van der Waals surface area (Å²) < 4.78 is 6.19. The summed E-state index contributed by atoms with van der Waals surface area (Å²) in [6.07, 6.45) is 0. The first-order chi connectivity index (χ1) is 11.6. The van der Waals surface area contributed by atoms with Gasteiger partial charge in [-0.1, -0.05) is 28.1 Å². The van der Waals surface area contributed by atoms with Gasteiger partial charge in [0.1, 0.15) is 11.4 Å². The molecule has 0 saturated heterocycles. The van der Waals surface area contributed by atoms with E-state index in [9.17, 15) is 4.79 Å². The van der Waals surface area contributed by atoms with Gasteiger partial charge < -0.3 is 9.72 Å². The first-order valence-corrected chi connectivity index (χ1v) is 8.13. The number of carbonyl (C=O) groups is 1. The topological polar surface area (TPSA) is 66.5 Å². The second kappa shape index (κ2) is 6.88. The molecule has 3 aromatic rings. The van der Waals surface area contributed by atoms with Crippen LogP contribution in [0.5, 0.6) is 5.75 Å². The van der Waals surface area contributed by atoms with Crippen molar-refractivity contribution in [3.05, 3.63) is 64.3 Å². The summed E-state index contributed by atoms with van der Waals surface area (Å²) in [5, 5.41) is 5.07. The largest absolute Gasteiger partial charge is 0.497 e. The molecular formula is C18H16BrN3O2. The molecule has 0 atom stereocenters. The zero-order valence-corrected chi connectivity index (χ0v) is 14.8.